The predicted octanol–water partition coefficient (Wildman–Crippen LogP) is 4.09. The minimum absolute atomic E-state index is 0.0442. The van der Waals surface area contributed by atoms with Gasteiger partial charge in [0.05, 0.1) is 12.6 Å². The molecule has 0 bridgehead atoms. The number of rotatable bonds is 5. The van der Waals surface area contributed by atoms with Crippen LogP contribution in [-0.2, 0) is 6.54 Å². The van der Waals surface area contributed by atoms with Gasteiger partial charge in [0, 0.05) is 31.1 Å². The Bertz CT molecular complexity index is 972. The summed E-state index contributed by atoms with van der Waals surface area (Å²) in [4.78, 5) is 11.6. The Morgan fingerprint density at radius 2 is 1.86 bits per heavy atom. The second kappa shape index (κ2) is 7.88. The number of aromatic hydroxyl groups is 1. The number of nitrogens with zero attached hydrogens (tertiary/aromatic N) is 3. The zero-order chi connectivity index (χ0) is 19.5. The van der Waals surface area contributed by atoms with Crippen molar-refractivity contribution >= 4 is 22.7 Å². The van der Waals surface area contributed by atoms with Crippen LogP contribution in [-0.4, -0.2) is 35.3 Å². The van der Waals surface area contributed by atoms with E-state index in [-0.39, 0.29) is 11.6 Å². The fourth-order valence-electron chi connectivity index (χ4n) is 3.50. The van der Waals surface area contributed by atoms with Crippen molar-refractivity contribution < 1.29 is 14.2 Å². The monoisotopic (exact) mass is 382 g/mol. The number of nitrogens with one attached hydrogen (secondary N) is 1. The fourth-order valence-corrected chi connectivity index (χ4v) is 3.50. The Morgan fingerprint density at radius 3 is 2.57 bits per heavy atom. The van der Waals surface area contributed by atoms with E-state index in [9.17, 15) is 9.50 Å². The van der Waals surface area contributed by atoms with Crippen LogP contribution in [0.25, 0.3) is 10.9 Å². The number of phenolic OH excluding ortho intramolecular Hbond substituents is 1. The van der Waals surface area contributed by atoms with Crippen LogP contribution in [0, 0.1) is 5.82 Å². The smallest absolute Gasteiger partial charge is 0.225 e. The number of halogens is 1. The van der Waals surface area contributed by atoms with Gasteiger partial charge >= 0.3 is 0 Å². The molecule has 28 heavy (non-hydrogen) atoms. The molecular weight excluding hydrogens is 359 g/mol. The maximum absolute atomic E-state index is 13.1. The number of fused-ring (bicyclic) bond motifs is 1. The minimum atomic E-state index is -0.262. The molecule has 0 spiro atoms. The Hall–Kier alpha value is -3.09. The molecule has 0 aliphatic carbocycles. The molecule has 3 aromatic rings. The highest BCUT2D eigenvalue weighted by Gasteiger charge is 2.19. The van der Waals surface area contributed by atoms with Crippen molar-refractivity contribution in [2.45, 2.75) is 25.8 Å². The number of aromatic nitrogens is 2. The van der Waals surface area contributed by atoms with Gasteiger partial charge in [0.15, 0.2) is 11.5 Å². The molecule has 0 radical (unpaired) electrons. The second-order valence-electron chi connectivity index (χ2n) is 6.94. The van der Waals surface area contributed by atoms with Gasteiger partial charge in [0.1, 0.15) is 11.6 Å². The summed E-state index contributed by atoms with van der Waals surface area (Å²) in [6, 6.07) is 9.71. The number of piperidine rings is 1. The zero-order valence-corrected chi connectivity index (χ0v) is 15.8. The molecule has 1 saturated heterocycles. The SMILES string of the molecule is COc1cc2c(N3CCCCC3)nc(NCc3ccc(F)cc3)nc2cc1O. The van der Waals surface area contributed by atoms with Crippen molar-refractivity contribution in [2.75, 3.05) is 30.4 Å². The van der Waals surface area contributed by atoms with Crippen LogP contribution in [0.5, 0.6) is 11.5 Å². The average molecular weight is 382 g/mol. The first kappa shape index (κ1) is 18.3. The summed E-state index contributed by atoms with van der Waals surface area (Å²) < 4.78 is 18.4. The molecule has 1 fully saturated rings. The van der Waals surface area contributed by atoms with Crippen molar-refractivity contribution in [3.63, 3.8) is 0 Å². The molecule has 7 heteroatoms. The quantitative estimate of drug-likeness (QED) is 0.693. The first-order valence-electron chi connectivity index (χ1n) is 9.46. The van der Waals surface area contributed by atoms with Crippen molar-refractivity contribution in [3.8, 4) is 11.5 Å². The summed E-state index contributed by atoms with van der Waals surface area (Å²) in [6.45, 7) is 2.35. The van der Waals surface area contributed by atoms with Crippen molar-refractivity contribution in [2.24, 2.45) is 0 Å². The summed E-state index contributed by atoms with van der Waals surface area (Å²) in [7, 11) is 1.53. The first-order valence-corrected chi connectivity index (χ1v) is 9.46. The molecule has 6 nitrogen and oxygen atoms in total. The minimum Gasteiger partial charge on any atom is -0.504 e. The molecule has 146 valence electrons. The number of methoxy groups -OCH3 is 1. The molecule has 1 aliphatic heterocycles. The van der Waals surface area contributed by atoms with Crippen molar-refractivity contribution in [1.82, 2.24) is 9.97 Å². The van der Waals surface area contributed by atoms with E-state index in [1.54, 1.807) is 24.3 Å². The molecule has 1 aliphatic rings. The van der Waals surface area contributed by atoms with E-state index in [2.05, 4.69) is 15.2 Å². The van der Waals surface area contributed by atoms with Gasteiger partial charge in [-0.25, -0.2) is 9.37 Å². The summed E-state index contributed by atoms with van der Waals surface area (Å²) in [5.41, 5.74) is 1.58. The van der Waals surface area contributed by atoms with Gasteiger partial charge in [-0.3, -0.25) is 0 Å². The van der Waals surface area contributed by atoms with E-state index < -0.39 is 0 Å². The molecule has 4 rings (SSSR count). The van der Waals surface area contributed by atoms with Crippen LogP contribution in [0.15, 0.2) is 36.4 Å². The van der Waals surface area contributed by atoms with Crippen LogP contribution < -0.4 is 15.0 Å². The second-order valence-corrected chi connectivity index (χ2v) is 6.94. The van der Waals surface area contributed by atoms with Gasteiger partial charge in [-0.05, 0) is 43.0 Å². The summed E-state index contributed by atoms with van der Waals surface area (Å²) in [5, 5.41) is 14.2. The van der Waals surface area contributed by atoms with Gasteiger partial charge in [0.25, 0.3) is 0 Å². The lowest BCUT2D eigenvalue weighted by Crippen LogP contribution is -2.30. The molecule has 0 unspecified atom stereocenters. The highest BCUT2D eigenvalue weighted by Crippen LogP contribution is 2.35. The third-order valence-corrected chi connectivity index (χ3v) is 5.00. The van der Waals surface area contributed by atoms with Crippen LogP contribution in [0.3, 0.4) is 0 Å². The highest BCUT2D eigenvalue weighted by atomic mass is 19.1. The highest BCUT2D eigenvalue weighted by molar-refractivity contribution is 5.93. The zero-order valence-electron chi connectivity index (χ0n) is 15.8. The summed E-state index contributed by atoms with van der Waals surface area (Å²) in [5.74, 6) is 1.50. The molecule has 2 N–H and O–H groups in total. The van der Waals surface area contributed by atoms with Crippen molar-refractivity contribution in [3.05, 3.63) is 47.8 Å². The number of hydrogen-bond donors (Lipinski definition) is 2. The van der Waals surface area contributed by atoms with E-state index in [0.29, 0.717) is 23.8 Å². The van der Waals surface area contributed by atoms with Gasteiger partial charge in [-0.2, -0.15) is 4.98 Å². The Morgan fingerprint density at radius 1 is 1.11 bits per heavy atom. The number of anilines is 2. The average Bonchev–Trinajstić information content (AvgIpc) is 2.73. The normalized spacial score (nSPS) is 14.3. The van der Waals surface area contributed by atoms with Gasteiger partial charge in [-0.15, -0.1) is 0 Å². The number of benzene rings is 2. The van der Waals surface area contributed by atoms with Gasteiger partial charge < -0.3 is 20.1 Å². The number of hydrogen-bond acceptors (Lipinski definition) is 6. The summed E-state index contributed by atoms with van der Waals surface area (Å²) in [6.07, 6.45) is 3.47. The third-order valence-electron chi connectivity index (χ3n) is 5.00. The topological polar surface area (TPSA) is 70.5 Å². The molecule has 0 saturated carbocycles. The molecule has 1 aromatic heterocycles. The van der Waals surface area contributed by atoms with Crippen LogP contribution in [0.2, 0.25) is 0 Å². The van der Waals surface area contributed by atoms with Crippen LogP contribution >= 0.6 is 0 Å². The Kier molecular flexibility index (Phi) is 5.14. The lowest BCUT2D eigenvalue weighted by atomic mass is 10.1. The summed E-state index contributed by atoms with van der Waals surface area (Å²) >= 11 is 0. The third kappa shape index (κ3) is 3.78. The van der Waals surface area contributed by atoms with Crippen LogP contribution in [0.1, 0.15) is 24.8 Å². The molecule has 0 amide bonds. The molecule has 2 heterocycles. The lowest BCUT2D eigenvalue weighted by molar-refractivity contribution is 0.374. The number of ether oxygens (including phenoxy) is 1. The van der Waals surface area contributed by atoms with E-state index in [1.807, 2.05) is 0 Å². The molecule has 0 atom stereocenters. The lowest BCUT2D eigenvalue weighted by Gasteiger charge is -2.29. The van der Waals surface area contributed by atoms with Crippen LogP contribution in [0.4, 0.5) is 16.2 Å². The fraction of sp³-hybridized carbons (Fsp3) is 0.333. The van der Waals surface area contributed by atoms with Gasteiger partial charge in [-0.1, -0.05) is 12.1 Å². The Labute approximate surface area is 163 Å². The first-order chi connectivity index (χ1) is 13.6. The Balaban J connectivity index is 1.71. The predicted molar refractivity (Wildman–Crippen MR) is 108 cm³/mol. The number of phenols is 1. The van der Waals surface area contributed by atoms with E-state index in [0.717, 1.165) is 42.7 Å². The van der Waals surface area contributed by atoms with E-state index in [1.165, 1.54) is 25.7 Å². The standard InChI is InChI=1S/C21H23FN4O2/c1-28-19-11-16-17(12-18(19)27)24-21(23-13-14-5-7-15(22)8-6-14)25-20(16)26-9-3-2-4-10-26/h5-8,11-12,27H,2-4,9-10,13H2,1H3,(H,23,24,25). The van der Waals surface area contributed by atoms with Crippen molar-refractivity contribution in [1.29, 1.82) is 0 Å². The maximum Gasteiger partial charge on any atom is 0.225 e. The van der Waals surface area contributed by atoms with E-state index in [4.69, 9.17) is 9.72 Å². The maximum atomic E-state index is 13.1. The molecule has 2 aromatic carbocycles. The molecular formula is C21H23FN4O2. The largest absolute Gasteiger partial charge is 0.504 e. The van der Waals surface area contributed by atoms with E-state index >= 15 is 0 Å². The van der Waals surface area contributed by atoms with Gasteiger partial charge in [0.2, 0.25) is 5.95 Å².